The highest BCUT2D eigenvalue weighted by Gasteiger charge is 2.28. The third kappa shape index (κ3) is 5.30. The molecule has 1 saturated heterocycles. The number of hydrogen-bond donors (Lipinski definition) is 1. The maximum absolute atomic E-state index is 10.8. The fraction of sp³-hybridized carbons (Fsp3) is 0.545. The van der Waals surface area contributed by atoms with Crippen molar-refractivity contribution in [3.05, 3.63) is 25.7 Å². The number of ether oxygens (including phenoxy) is 1. The van der Waals surface area contributed by atoms with Crippen LogP contribution < -0.4 is 0 Å². The molecule has 2 heterocycles. The summed E-state index contributed by atoms with van der Waals surface area (Å²) in [4.78, 5) is 29.2. The van der Waals surface area contributed by atoms with Gasteiger partial charge in [0.15, 0.2) is 9.50 Å². The van der Waals surface area contributed by atoms with Crippen LogP contribution in [-0.4, -0.2) is 56.9 Å². The van der Waals surface area contributed by atoms with E-state index in [4.69, 9.17) is 21.4 Å². The standard InChI is InChI=1S/C11H14ClN5O5S/c12-10-13-4-8(23-10)5-16-7-22-6-15(3-1-2-9(18)19)11(16)14-17(20)21/h4H,1-3,5-7H2,(H,18,19). The van der Waals surface area contributed by atoms with Crippen molar-refractivity contribution in [3.63, 3.8) is 0 Å². The van der Waals surface area contributed by atoms with Gasteiger partial charge in [0.25, 0.3) is 5.96 Å². The lowest BCUT2D eigenvalue weighted by Gasteiger charge is -2.36. The average Bonchev–Trinajstić information content (AvgIpc) is 2.86. The van der Waals surface area contributed by atoms with Crippen molar-refractivity contribution < 1.29 is 19.7 Å². The van der Waals surface area contributed by atoms with Gasteiger partial charge < -0.3 is 19.6 Å². The van der Waals surface area contributed by atoms with Crippen LogP contribution in [0.4, 0.5) is 0 Å². The maximum Gasteiger partial charge on any atom is 0.303 e. The van der Waals surface area contributed by atoms with Gasteiger partial charge in [-0.3, -0.25) is 4.79 Å². The van der Waals surface area contributed by atoms with Crippen molar-refractivity contribution in [3.8, 4) is 0 Å². The number of aliphatic carboxylic acids is 1. The molecule has 1 fully saturated rings. The Bertz CT molecular complexity index is 609. The van der Waals surface area contributed by atoms with Crippen LogP contribution in [0.3, 0.4) is 0 Å². The van der Waals surface area contributed by atoms with Crippen molar-refractivity contribution in [2.75, 3.05) is 20.0 Å². The first-order valence-corrected chi connectivity index (χ1v) is 7.78. The first-order chi connectivity index (χ1) is 11.0. The van der Waals surface area contributed by atoms with Gasteiger partial charge in [-0.15, -0.1) is 11.3 Å². The third-order valence-electron chi connectivity index (χ3n) is 2.92. The summed E-state index contributed by atoms with van der Waals surface area (Å²) in [6, 6.07) is 0. The van der Waals surface area contributed by atoms with E-state index in [9.17, 15) is 14.9 Å². The minimum atomic E-state index is -0.924. The predicted molar refractivity (Wildman–Crippen MR) is 81.5 cm³/mol. The van der Waals surface area contributed by atoms with E-state index in [1.165, 1.54) is 16.2 Å². The fourth-order valence-corrected chi connectivity index (χ4v) is 3.02. The van der Waals surface area contributed by atoms with Crippen molar-refractivity contribution in [2.45, 2.75) is 19.4 Å². The number of hydrazone groups is 1. The minimum Gasteiger partial charge on any atom is -0.481 e. The Kier molecular flexibility index (Phi) is 6.07. The van der Waals surface area contributed by atoms with Crippen LogP contribution in [0.25, 0.3) is 0 Å². The molecule has 0 atom stereocenters. The number of hydrogen-bond acceptors (Lipinski definition) is 6. The van der Waals surface area contributed by atoms with Crippen LogP contribution in [0.5, 0.6) is 0 Å². The van der Waals surface area contributed by atoms with Crippen LogP contribution in [0.2, 0.25) is 4.47 Å². The number of nitro groups is 1. The zero-order valence-electron chi connectivity index (χ0n) is 11.9. The molecule has 0 unspecified atom stereocenters. The van der Waals surface area contributed by atoms with Gasteiger partial charge in [-0.1, -0.05) is 11.6 Å². The quantitative estimate of drug-likeness (QED) is 0.567. The lowest BCUT2D eigenvalue weighted by Crippen LogP contribution is -2.51. The molecule has 126 valence electrons. The third-order valence-corrected chi connectivity index (χ3v) is 4.02. The highest BCUT2D eigenvalue weighted by Crippen LogP contribution is 2.21. The van der Waals surface area contributed by atoms with Crippen molar-refractivity contribution in [1.29, 1.82) is 0 Å². The highest BCUT2D eigenvalue weighted by molar-refractivity contribution is 7.15. The molecule has 0 bridgehead atoms. The Hall–Kier alpha value is -1.98. The van der Waals surface area contributed by atoms with E-state index in [1.54, 1.807) is 11.1 Å². The zero-order valence-corrected chi connectivity index (χ0v) is 13.5. The average molecular weight is 364 g/mol. The predicted octanol–water partition coefficient (Wildman–Crippen LogP) is 1.26. The molecule has 10 nitrogen and oxygen atoms in total. The summed E-state index contributed by atoms with van der Waals surface area (Å²) >= 11 is 7.04. The molecule has 12 heteroatoms. The Morgan fingerprint density at radius 3 is 2.91 bits per heavy atom. The lowest BCUT2D eigenvalue weighted by molar-refractivity contribution is -0.486. The monoisotopic (exact) mass is 363 g/mol. The van der Waals surface area contributed by atoms with Crippen molar-refractivity contribution in [2.24, 2.45) is 5.10 Å². The van der Waals surface area contributed by atoms with Gasteiger partial charge in [0, 0.05) is 24.0 Å². The van der Waals surface area contributed by atoms with Gasteiger partial charge in [-0.05, 0) is 6.42 Å². The Morgan fingerprint density at radius 2 is 2.30 bits per heavy atom. The van der Waals surface area contributed by atoms with Gasteiger partial charge in [0.2, 0.25) is 0 Å². The summed E-state index contributed by atoms with van der Waals surface area (Å²) in [7, 11) is 0. The molecule has 1 N–H and O–H groups in total. The second kappa shape index (κ2) is 8.04. The molecule has 2 rings (SSSR count). The minimum absolute atomic E-state index is 0.0350. The number of thiazole rings is 1. The van der Waals surface area contributed by atoms with Crippen LogP contribution in [0, 0.1) is 10.1 Å². The molecule has 23 heavy (non-hydrogen) atoms. The smallest absolute Gasteiger partial charge is 0.303 e. The molecule has 0 saturated carbocycles. The second-order valence-electron chi connectivity index (χ2n) is 4.64. The number of rotatable bonds is 7. The van der Waals surface area contributed by atoms with Crippen molar-refractivity contribution in [1.82, 2.24) is 14.8 Å². The number of carboxylic acid groups (broad SMARTS) is 1. The Balaban J connectivity index is 2.09. The summed E-state index contributed by atoms with van der Waals surface area (Å²) in [6.07, 6.45) is 1.88. The van der Waals surface area contributed by atoms with E-state index in [2.05, 4.69) is 10.1 Å². The molecule has 0 spiro atoms. The molecule has 0 aromatic carbocycles. The summed E-state index contributed by atoms with van der Waals surface area (Å²) in [5.74, 6) is -0.789. The topological polar surface area (TPSA) is 121 Å². The molecule has 1 aromatic rings. The van der Waals surface area contributed by atoms with E-state index >= 15 is 0 Å². The number of carbonyl (C=O) groups is 1. The van der Waals surface area contributed by atoms with Gasteiger partial charge in [-0.25, -0.2) is 15.1 Å². The molecule has 0 radical (unpaired) electrons. The van der Waals surface area contributed by atoms with Crippen LogP contribution in [-0.2, 0) is 16.1 Å². The normalized spacial score (nSPS) is 16.8. The largest absolute Gasteiger partial charge is 0.481 e. The zero-order chi connectivity index (χ0) is 16.8. The van der Waals surface area contributed by atoms with Crippen LogP contribution >= 0.6 is 22.9 Å². The number of carboxylic acids is 1. The van der Waals surface area contributed by atoms with E-state index in [-0.39, 0.29) is 25.8 Å². The molecular weight excluding hydrogens is 350 g/mol. The summed E-state index contributed by atoms with van der Waals surface area (Å²) < 4.78 is 5.77. The molecule has 0 amide bonds. The van der Waals surface area contributed by atoms with E-state index < -0.39 is 11.0 Å². The van der Waals surface area contributed by atoms with E-state index in [1.807, 2.05) is 0 Å². The van der Waals surface area contributed by atoms with E-state index in [0.29, 0.717) is 24.0 Å². The number of nitrogens with zero attached hydrogens (tertiary/aromatic N) is 5. The molecule has 1 aromatic heterocycles. The SMILES string of the molecule is O=C(O)CCCN1COCN(Cc2cnc(Cl)s2)C1=N[N+](=O)[O-]. The van der Waals surface area contributed by atoms with Gasteiger partial charge in [-0.2, -0.15) is 0 Å². The molecular formula is C11H14ClN5O5S. The van der Waals surface area contributed by atoms with E-state index in [0.717, 1.165) is 4.88 Å². The summed E-state index contributed by atoms with van der Waals surface area (Å²) in [5, 5.41) is 22.1. The number of guanidine groups is 1. The van der Waals surface area contributed by atoms with Crippen molar-refractivity contribution >= 4 is 34.9 Å². The highest BCUT2D eigenvalue weighted by atomic mass is 35.5. The molecule has 1 aliphatic heterocycles. The fourth-order valence-electron chi connectivity index (χ4n) is 2.02. The Labute approximate surface area is 140 Å². The van der Waals surface area contributed by atoms with Gasteiger partial charge in [0.1, 0.15) is 18.6 Å². The first kappa shape index (κ1) is 17.4. The van der Waals surface area contributed by atoms with Gasteiger partial charge >= 0.3 is 5.97 Å². The van der Waals surface area contributed by atoms with Crippen LogP contribution in [0.15, 0.2) is 11.3 Å². The second-order valence-corrected chi connectivity index (χ2v) is 6.34. The number of aromatic nitrogens is 1. The summed E-state index contributed by atoms with van der Waals surface area (Å²) in [6.45, 7) is 0.856. The number of halogens is 1. The first-order valence-electron chi connectivity index (χ1n) is 6.58. The Morgan fingerprint density at radius 1 is 1.57 bits per heavy atom. The summed E-state index contributed by atoms with van der Waals surface area (Å²) in [5.41, 5.74) is 0. The maximum atomic E-state index is 10.8. The molecule has 0 aliphatic carbocycles. The van der Waals surface area contributed by atoms with Gasteiger partial charge in [0.05, 0.1) is 6.54 Å². The van der Waals surface area contributed by atoms with Crippen LogP contribution in [0.1, 0.15) is 17.7 Å². The molecule has 1 aliphatic rings. The lowest BCUT2D eigenvalue weighted by atomic mass is 10.3.